The van der Waals surface area contributed by atoms with E-state index in [-0.39, 0.29) is 118 Å². The van der Waals surface area contributed by atoms with Crippen molar-refractivity contribution in [1.29, 1.82) is 0 Å². The summed E-state index contributed by atoms with van der Waals surface area (Å²) in [5, 5.41) is 7.12. The van der Waals surface area contributed by atoms with Gasteiger partial charge in [0.25, 0.3) is 0 Å². The Hall–Kier alpha value is -0.758. The van der Waals surface area contributed by atoms with Gasteiger partial charge in [-0.2, -0.15) is 13.2 Å². The van der Waals surface area contributed by atoms with Gasteiger partial charge in [0.05, 0.1) is 11.4 Å². The minimum atomic E-state index is -4.57. The standard InChI is InChI=1S/C26H28ClF3N4O2.C2H6.CH3.Cs/c27-16-5-10-21-20(12-16)22(13-23(33-21)26(28,29)30)31-17-6-8-18(9-7-17)32-25(36)15-11-24(35)34(14-15)19-3-1-2-4-19;1-2;;/h5-6,10,12-13,15,18-19H,1-4,7-9,11,14H2,(H,31,33)(H,32,36);1-2H3;1H3;/q;;-1;+1. The van der Waals surface area contributed by atoms with Crippen LogP contribution in [-0.2, 0) is 15.8 Å². The van der Waals surface area contributed by atoms with Crippen molar-refractivity contribution in [2.24, 2.45) is 5.92 Å². The molecule has 1 saturated heterocycles. The molecule has 0 radical (unpaired) electrons. The third-order valence-corrected chi connectivity index (χ3v) is 7.64. The molecule has 2 atom stereocenters. The van der Waals surface area contributed by atoms with Crippen LogP contribution in [0.3, 0.4) is 0 Å². The summed E-state index contributed by atoms with van der Waals surface area (Å²) in [5.41, 5.74) is 0.305. The quantitative estimate of drug-likeness (QED) is 0.461. The van der Waals surface area contributed by atoms with Crippen molar-refractivity contribution in [2.75, 3.05) is 11.9 Å². The van der Waals surface area contributed by atoms with Gasteiger partial charge in [-0.3, -0.25) is 9.59 Å². The van der Waals surface area contributed by atoms with Gasteiger partial charge in [-0.05, 0) is 56.4 Å². The minimum Gasteiger partial charge on any atom is -0.359 e. The number of benzene rings is 1. The third kappa shape index (κ3) is 8.64. The Morgan fingerprint density at radius 3 is 2.45 bits per heavy atom. The molecule has 3 aliphatic rings. The number of aromatic nitrogens is 1. The number of allylic oxidation sites excluding steroid dienone is 1. The topological polar surface area (TPSA) is 74.3 Å². The van der Waals surface area contributed by atoms with E-state index in [2.05, 4.69) is 15.6 Å². The molecule has 0 bridgehead atoms. The second-order valence-corrected chi connectivity index (χ2v) is 10.4. The van der Waals surface area contributed by atoms with E-state index < -0.39 is 11.9 Å². The predicted octanol–water partition coefficient (Wildman–Crippen LogP) is 4.14. The number of carbonyl (C=O) groups is 2. The van der Waals surface area contributed by atoms with Crippen molar-refractivity contribution in [1.82, 2.24) is 15.2 Å². The Labute approximate surface area is 298 Å². The zero-order valence-corrected chi connectivity index (χ0v) is 30.7. The van der Waals surface area contributed by atoms with Crippen molar-refractivity contribution in [3.05, 3.63) is 54.2 Å². The molecule has 6 nitrogen and oxygen atoms in total. The zero-order chi connectivity index (χ0) is 27.4. The number of anilines is 1. The zero-order valence-electron chi connectivity index (χ0n) is 23.7. The number of nitrogens with one attached hydrogen (secondary N) is 2. The molecule has 2 fully saturated rings. The van der Waals surface area contributed by atoms with Gasteiger partial charge in [0, 0.05) is 46.8 Å². The van der Waals surface area contributed by atoms with E-state index in [0.29, 0.717) is 41.9 Å². The molecule has 1 aromatic carbocycles. The average Bonchev–Trinajstić information content (AvgIpc) is 3.56. The van der Waals surface area contributed by atoms with Crippen LogP contribution in [0.2, 0.25) is 5.02 Å². The Kier molecular flexibility index (Phi) is 13.9. The maximum absolute atomic E-state index is 13.4. The molecule has 1 aliphatic heterocycles. The fourth-order valence-corrected chi connectivity index (χ4v) is 5.67. The van der Waals surface area contributed by atoms with Crippen molar-refractivity contribution >= 4 is 40.0 Å². The number of rotatable bonds is 5. The van der Waals surface area contributed by atoms with Crippen LogP contribution in [-0.4, -0.2) is 40.3 Å². The largest absolute Gasteiger partial charge is 1.00 e. The molecule has 214 valence electrons. The number of amides is 2. The molecule has 0 spiro atoms. The summed E-state index contributed by atoms with van der Waals surface area (Å²) in [5.74, 6) is -0.349. The molecule has 1 aromatic heterocycles. The van der Waals surface area contributed by atoms with E-state index in [1.165, 1.54) is 12.1 Å². The second-order valence-electron chi connectivity index (χ2n) is 9.93. The average molecular weight is 699 g/mol. The molecule has 5 rings (SSSR count). The molecule has 40 heavy (non-hydrogen) atoms. The van der Waals surface area contributed by atoms with E-state index >= 15 is 0 Å². The SMILES string of the molecule is CC.O=C(NC1CC=C(Nc2cc(C(F)(F)F)nc3ccc(Cl)cc23)CC1)C1CC(=O)N(C2CCCC2)C1.[CH3-].[Cs+]. The molecule has 2 N–H and O–H groups in total. The molecule has 2 heterocycles. The minimum absolute atomic E-state index is 0. The number of likely N-dealkylation sites (tertiary alicyclic amines) is 1. The van der Waals surface area contributed by atoms with Crippen molar-refractivity contribution in [2.45, 2.75) is 83.5 Å². The smallest absolute Gasteiger partial charge is 0.359 e. The first kappa shape index (κ1) is 35.4. The van der Waals surface area contributed by atoms with Crippen molar-refractivity contribution < 1.29 is 91.7 Å². The first-order valence-corrected chi connectivity index (χ1v) is 13.8. The maximum Gasteiger partial charge on any atom is 1.00 e. The molecule has 1 saturated carbocycles. The molecular formula is C29H37ClCsF3N4O2. The van der Waals surface area contributed by atoms with E-state index in [1.54, 1.807) is 6.07 Å². The molecule has 2 amide bonds. The van der Waals surface area contributed by atoms with Gasteiger partial charge in [-0.25, -0.2) is 4.98 Å². The van der Waals surface area contributed by atoms with Gasteiger partial charge >= 0.3 is 75.1 Å². The monoisotopic (exact) mass is 698 g/mol. The number of alkyl halides is 3. The summed E-state index contributed by atoms with van der Waals surface area (Å²) in [6.45, 7) is 4.49. The fourth-order valence-electron chi connectivity index (χ4n) is 5.49. The number of hydrogen-bond donors (Lipinski definition) is 2. The number of pyridine rings is 1. The van der Waals surface area contributed by atoms with Gasteiger partial charge in [0.2, 0.25) is 11.8 Å². The molecule has 2 aromatic rings. The van der Waals surface area contributed by atoms with Crippen LogP contribution in [0, 0.1) is 13.3 Å². The fraction of sp³-hybridized carbons (Fsp3) is 0.517. The predicted molar refractivity (Wildman–Crippen MR) is 149 cm³/mol. The number of nitrogens with zero attached hydrogens (tertiary/aromatic N) is 2. The molecule has 11 heteroatoms. The molecular weight excluding hydrogens is 662 g/mol. The van der Waals surface area contributed by atoms with E-state index in [4.69, 9.17) is 11.6 Å². The number of fused-ring (bicyclic) bond motifs is 1. The van der Waals surface area contributed by atoms with Crippen LogP contribution in [0.4, 0.5) is 18.9 Å². The van der Waals surface area contributed by atoms with Crippen LogP contribution in [0.1, 0.15) is 70.9 Å². The van der Waals surface area contributed by atoms with E-state index in [1.807, 2.05) is 24.8 Å². The number of halogens is 4. The van der Waals surface area contributed by atoms with Gasteiger partial charge in [-0.15, -0.1) is 0 Å². The van der Waals surface area contributed by atoms with Crippen LogP contribution >= 0.6 is 11.6 Å². The van der Waals surface area contributed by atoms with Gasteiger partial charge in [-0.1, -0.05) is 44.4 Å². The van der Waals surface area contributed by atoms with Gasteiger partial charge in [0.1, 0.15) is 5.69 Å². The molecule has 2 unspecified atom stereocenters. The van der Waals surface area contributed by atoms with Crippen LogP contribution in [0.15, 0.2) is 36.0 Å². The van der Waals surface area contributed by atoms with Gasteiger partial charge < -0.3 is 23.0 Å². The summed E-state index contributed by atoms with van der Waals surface area (Å²) in [6.07, 6.45) is 3.67. The third-order valence-electron chi connectivity index (χ3n) is 7.41. The van der Waals surface area contributed by atoms with Crippen LogP contribution in [0.5, 0.6) is 0 Å². The van der Waals surface area contributed by atoms with Gasteiger partial charge in [0.15, 0.2) is 0 Å². The summed E-state index contributed by atoms with van der Waals surface area (Å²) in [7, 11) is 0. The summed E-state index contributed by atoms with van der Waals surface area (Å²) >= 11 is 6.08. The number of hydrogen-bond acceptors (Lipinski definition) is 4. The normalized spacial score (nSPS) is 21.1. The Morgan fingerprint density at radius 1 is 1.12 bits per heavy atom. The Balaban J connectivity index is 0.00000137. The van der Waals surface area contributed by atoms with Crippen molar-refractivity contribution in [3.63, 3.8) is 0 Å². The van der Waals surface area contributed by atoms with Crippen LogP contribution in [0.25, 0.3) is 10.9 Å². The summed E-state index contributed by atoms with van der Waals surface area (Å²) < 4.78 is 40.2. The Bertz CT molecular complexity index is 1220. The summed E-state index contributed by atoms with van der Waals surface area (Å²) in [6, 6.07) is 5.78. The second kappa shape index (κ2) is 15.6. The van der Waals surface area contributed by atoms with Crippen molar-refractivity contribution in [3.8, 4) is 0 Å². The van der Waals surface area contributed by atoms with E-state index in [9.17, 15) is 22.8 Å². The summed E-state index contributed by atoms with van der Waals surface area (Å²) in [4.78, 5) is 30.9. The first-order chi connectivity index (χ1) is 18.2. The maximum atomic E-state index is 13.4. The molecule has 2 aliphatic carbocycles. The van der Waals surface area contributed by atoms with E-state index in [0.717, 1.165) is 37.4 Å². The van der Waals surface area contributed by atoms with Crippen LogP contribution < -0.4 is 79.5 Å². The Morgan fingerprint density at radius 2 is 1.82 bits per heavy atom. The number of carbonyl (C=O) groups excluding carboxylic acids is 2. The first-order valence-electron chi connectivity index (χ1n) is 13.4.